The van der Waals surface area contributed by atoms with Crippen LogP contribution < -0.4 is 0 Å². The maximum atomic E-state index is 11.6. The van der Waals surface area contributed by atoms with Gasteiger partial charge in [-0.3, -0.25) is 4.79 Å². The molecule has 122 valence electrons. The van der Waals surface area contributed by atoms with Gasteiger partial charge in [0.2, 0.25) is 5.91 Å². The second-order valence-corrected chi connectivity index (χ2v) is 7.17. The number of rotatable bonds is 7. The SMILES string of the molecule is CC(=O)N(C)CC(CSc1ccc(C)cc1)Cc1ccccc1. The molecule has 1 atom stereocenters. The highest BCUT2D eigenvalue weighted by Crippen LogP contribution is 2.23. The summed E-state index contributed by atoms with van der Waals surface area (Å²) in [5.74, 6) is 1.58. The number of carbonyl (C=O) groups excluding carboxylic acids is 1. The summed E-state index contributed by atoms with van der Waals surface area (Å²) in [5, 5.41) is 0. The van der Waals surface area contributed by atoms with Gasteiger partial charge in [-0.25, -0.2) is 0 Å². The molecule has 0 aromatic heterocycles. The van der Waals surface area contributed by atoms with E-state index in [1.54, 1.807) is 6.92 Å². The van der Waals surface area contributed by atoms with Gasteiger partial charge in [-0.2, -0.15) is 0 Å². The summed E-state index contributed by atoms with van der Waals surface area (Å²) in [4.78, 5) is 14.7. The Morgan fingerprint density at radius 2 is 1.74 bits per heavy atom. The van der Waals surface area contributed by atoms with Crippen LogP contribution >= 0.6 is 11.8 Å². The zero-order valence-electron chi connectivity index (χ0n) is 14.2. The highest BCUT2D eigenvalue weighted by Gasteiger charge is 2.15. The van der Waals surface area contributed by atoms with Gasteiger partial charge in [-0.05, 0) is 37.0 Å². The van der Waals surface area contributed by atoms with Gasteiger partial charge in [-0.15, -0.1) is 11.8 Å². The van der Waals surface area contributed by atoms with Crippen molar-refractivity contribution < 1.29 is 4.79 Å². The van der Waals surface area contributed by atoms with E-state index in [2.05, 4.69) is 55.5 Å². The van der Waals surface area contributed by atoms with Gasteiger partial charge in [0, 0.05) is 31.2 Å². The van der Waals surface area contributed by atoms with E-state index in [9.17, 15) is 4.79 Å². The van der Waals surface area contributed by atoms with Gasteiger partial charge < -0.3 is 4.90 Å². The van der Waals surface area contributed by atoms with E-state index in [0.717, 1.165) is 18.7 Å². The lowest BCUT2D eigenvalue weighted by Gasteiger charge is -2.23. The smallest absolute Gasteiger partial charge is 0.219 e. The van der Waals surface area contributed by atoms with E-state index < -0.39 is 0 Å². The number of amides is 1. The Labute approximate surface area is 143 Å². The molecule has 2 rings (SSSR count). The minimum absolute atomic E-state index is 0.128. The van der Waals surface area contributed by atoms with Crippen molar-refractivity contribution in [1.29, 1.82) is 0 Å². The molecule has 0 heterocycles. The van der Waals surface area contributed by atoms with Crippen LogP contribution in [0.15, 0.2) is 59.5 Å². The summed E-state index contributed by atoms with van der Waals surface area (Å²) in [6.07, 6.45) is 0.997. The molecule has 0 spiro atoms. The quantitative estimate of drug-likeness (QED) is 0.701. The van der Waals surface area contributed by atoms with Gasteiger partial charge >= 0.3 is 0 Å². The van der Waals surface area contributed by atoms with Crippen LogP contribution in [-0.4, -0.2) is 30.2 Å². The highest BCUT2D eigenvalue weighted by atomic mass is 32.2. The Kier molecular flexibility index (Phi) is 6.72. The summed E-state index contributed by atoms with van der Waals surface area (Å²) in [6.45, 7) is 4.53. The molecule has 3 heteroatoms. The second kappa shape index (κ2) is 8.78. The van der Waals surface area contributed by atoms with E-state index in [0.29, 0.717) is 5.92 Å². The van der Waals surface area contributed by atoms with Crippen LogP contribution in [0.1, 0.15) is 18.1 Å². The van der Waals surface area contributed by atoms with Crippen molar-refractivity contribution in [3.05, 3.63) is 65.7 Å². The zero-order chi connectivity index (χ0) is 16.7. The van der Waals surface area contributed by atoms with Crippen molar-refractivity contribution in [2.24, 2.45) is 5.92 Å². The van der Waals surface area contributed by atoms with Gasteiger partial charge in [0.1, 0.15) is 0 Å². The topological polar surface area (TPSA) is 20.3 Å². The molecule has 2 nitrogen and oxygen atoms in total. The highest BCUT2D eigenvalue weighted by molar-refractivity contribution is 7.99. The van der Waals surface area contributed by atoms with Gasteiger partial charge in [0.15, 0.2) is 0 Å². The molecule has 0 N–H and O–H groups in total. The number of carbonyl (C=O) groups is 1. The first-order valence-electron chi connectivity index (χ1n) is 7.99. The molecule has 0 saturated heterocycles. The summed E-state index contributed by atoms with van der Waals surface area (Å²) in [6, 6.07) is 19.2. The molecular formula is C20H25NOS. The molecule has 1 unspecified atom stereocenters. The van der Waals surface area contributed by atoms with Crippen LogP contribution in [0.5, 0.6) is 0 Å². The molecule has 0 aliphatic heterocycles. The number of hydrogen-bond donors (Lipinski definition) is 0. The minimum Gasteiger partial charge on any atom is -0.346 e. The average molecular weight is 327 g/mol. The van der Waals surface area contributed by atoms with Crippen LogP contribution in [0.2, 0.25) is 0 Å². The van der Waals surface area contributed by atoms with Gasteiger partial charge in [0.25, 0.3) is 0 Å². The Hall–Kier alpha value is -1.74. The van der Waals surface area contributed by atoms with Crippen LogP contribution in [0, 0.1) is 12.8 Å². The third-order valence-corrected chi connectivity index (χ3v) is 5.19. The summed E-state index contributed by atoms with van der Waals surface area (Å²) >= 11 is 1.87. The van der Waals surface area contributed by atoms with Crippen molar-refractivity contribution in [3.8, 4) is 0 Å². The maximum Gasteiger partial charge on any atom is 0.219 e. The lowest BCUT2D eigenvalue weighted by molar-refractivity contribution is -0.128. The molecule has 1 amide bonds. The number of hydrogen-bond acceptors (Lipinski definition) is 2. The fourth-order valence-corrected chi connectivity index (χ4v) is 3.47. The van der Waals surface area contributed by atoms with Crippen LogP contribution in [0.3, 0.4) is 0 Å². The molecular weight excluding hydrogens is 302 g/mol. The molecule has 23 heavy (non-hydrogen) atoms. The lowest BCUT2D eigenvalue weighted by Crippen LogP contribution is -2.31. The number of thioether (sulfide) groups is 1. The number of aryl methyl sites for hydroxylation is 1. The van der Waals surface area contributed by atoms with Crippen LogP contribution in [0.25, 0.3) is 0 Å². The van der Waals surface area contributed by atoms with Crippen molar-refractivity contribution in [2.45, 2.75) is 25.2 Å². The zero-order valence-corrected chi connectivity index (χ0v) is 15.0. The first-order chi connectivity index (χ1) is 11.0. The number of benzene rings is 2. The van der Waals surface area contributed by atoms with Gasteiger partial charge in [-0.1, -0.05) is 48.0 Å². The first kappa shape index (κ1) is 17.6. The van der Waals surface area contributed by atoms with Crippen molar-refractivity contribution >= 4 is 17.7 Å². The molecule has 0 radical (unpaired) electrons. The maximum absolute atomic E-state index is 11.6. The van der Waals surface area contributed by atoms with Crippen LogP contribution in [-0.2, 0) is 11.2 Å². The molecule has 2 aromatic rings. The van der Waals surface area contributed by atoms with Crippen LogP contribution in [0.4, 0.5) is 0 Å². The van der Waals surface area contributed by atoms with Crippen molar-refractivity contribution in [1.82, 2.24) is 4.90 Å². The Balaban J connectivity index is 2.00. The second-order valence-electron chi connectivity index (χ2n) is 6.08. The van der Waals surface area contributed by atoms with Crippen molar-refractivity contribution in [2.75, 3.05) is 19.3 Å². The predicted octanol–water partition coefficient (Wildman–Crippen LogP) is 4.42. The molecule has 0 saturated carbocycles. The minimum atomic E-state index is 0.128. The third kappa shape index (κ3) is 6.11. The average Bonchev–Trinajstić information content (AvgIpc) is 2.55. The normalized spacial score (nSPS) is 12.0. The summed E-state index contributed by atoms with van der Waals surface area (Å²) < 4.78 is 0. The third-order valence-electron chi connectivity index (χ3n) is 3.94. The first-order valence-corrected chi connectivity index (χ1v) is 8.98. The lowest BCUT2D eigenvalue weighted by atomic mass is 10.0. The van der Waals surface area contributed by atoms with Gasteiger partial charge in [0.05, 0.1) is 0 Å². The van der Waals surface area contributed by atoms with E-state index in [4.69, 9.17) is 0 Å². The molecule has 0 fully saturated rings. The van der Waals surface area contributed by atoms with E-state index >= 15 is 0 Å². The Bertz CT molecular complexity index is 609. The van der Waals surface area contributed by atoms with E-state index in [-0.39, 0.29) is 5.91 Å². The fourth-order valence-electron chi connectivity index (χ4n) is 2.49. The predicted molar refractivity (Wildman–Crippen MR) is 98.9 cm³/mol. The Morgan fingerprint density at radius 1 is 1.09 bits per heavy atom. The largest absolute Gasteiger partial charge is 0.346 e. The fraction of sp³-hybridized carbons (Fsp3) is 0.350. The molecule has 0 aliphatic rings. The monoisotopic (exact) mass is 327 g/mol. The van der Waals surface area contributed by atoms with Crippen molar-refractivity contribution in [3.63, 3.8) is 0 Å². The number of nitrogens with zero attached hydrogens (tertiary/aromatic N) is 1. The summed E-state index contributed by atoms with van der Waals surface area (Å²) in [7, 11) is 1.89. The Morgan fingerprint density at radius 3 is 2.35 bits per heavy atom. The standard InChI is InChI=1S/C20H25NOS/c1-16-9-11-20(12-10-16)23-15-19(14-21(3)17(2)22)13-18-7-5-4-6-8-18/h4-12,19H,13-15H2,1-3H3. The molecule has 0 aliphatic carbocycles. The molecule has 0 bridgehead atoms. The van der Waals surface area contributed by atoms with E-state index in [1.807, 2.05) is 29.8 Å². The summed E-state index contributed by atoms with van der Waals surface area (Å²) in [5.41, 5.74) is 2.62. The molecule has 2 aromatic carbocycles. The van der Waals surface area contributed by atoms with E-state index in [1.165, 1.54) is 16.0 Å².